The van der Waals surface area contributed by atoms with E-state index in [0.29, 0.717) is 11.1 Å². The van der Waals surface area contributed by atoms with Crippen molar-refractivity contribution in [3.05, 3.63) is 42.7 Å². The Morgan fingerprint density at radius 2 is 2.05 bits per heavy atom. The van der Waals surface area contributed by atoms with Gasteiger partial charge in [-0.25, -0.2) is 4.79 Å². The van der Waals surface area contributed by atoms with E-state index in [9.17, 15) is 4.79 Å². The first-order chi connectivity index (χ1) is 9.66. The highest BCUT2D eigenvalue weighted by molar-refractivity contribution is 5.84. The summed E-state index contributed by atoms with van der Waals surface area (Å²) in [6.07, 6.45) is 7.93. The van der Waals surface area contributed by atoms with E-state index in [-0.39, 0.29) is 12.5 Å². The van der Waals surface area contributed by atoms with Crippen LogP contribution < -0.4 is 4.48 Å². The molecule has 0 fully saturated rings. The fraction of sp³-hybridized carbons (Fsp3) is 0.375. The molecule has 1 aromatic rings. The predicted octanol–water partition coefficient (Wildman–Crippen LogP) is 2.49. The molecule has 1 unspecified atom stereocenters. The van der Waals surface area contributed by atoms with Gasteiger partial charge in [0.15, 0.2) is 12.7 Å². The summed E-state index contributed by atoms with van der Waals surface area (Å²) >= 11 is 0. The molecule has 0 amide bonds. The van der Waals surface area contributed by atoms with Crippen molar-refractivity contribution >= 4 is 18.0 Å². The lowest BCUT2D eigenvalue weighted by Gasteiger charge is -2.22. The van der Waals surface area contributed by atoms with Gasteiger partial charge in [0, 0.05) is 12.1 Å². The van der Waals surface area contributed by atoms with Gasteiger partial charge in [0.1, 0.15) is 12.7 Å². The number of nitrogens with zero attached hydrogens (tertiary/aromatic N) is 2. The predicted molar refractivity (Wildman–Crippen MR) is 80.4 cm³/mol. The second-order valence-corrected chi connectivity index (χ2v) is 5.08. The quantitative estimate of drug-likeness (QED) is 0.345. The molecule has 0 aromatic heterocycles. The van der Waals surface area contributed by atoms with Crippen LogP contribution in [0, 0.1) is 0 Å². The summed E-state index contributed by atoms with van der Waals surface area (Å²) in [5.74, 6) is -0.168. The van der Waals surface area contributed by atoms with Gasteiger partial charge < -0.3 is 4.74 Å². The molecule has 0 aliphatic carbocycles. The molecule has 2 rings (SSSR count). The number of para-hydroxylation sites is 1. The smallest absolute Gasteiger partial charge is 0.363 e. The van der Waals surface area contributed by atoms with Gasteiger partial charge in [-0.3, -0.25) is 0 Å². The Morgan fingerprint density at radius 3 is 2.65 bits per heavy atom. The maximum Gasteiger partial charge on any atom is 0.363 e. The number of benzene rings is 1. The number of hydrogen-bond donors (Lipinski definition) is 0. The van der Waals surface area contributed by atoms with E-state index in [1.807, 2.05) is 60.7 Å². The molecule has 106 valence electrons. The lowest BCUT2D eigenvalue weighted by atomic mass is 10.2. The summed E-state index contributed by atoms with van der Waals surface area (Å²) in [5, 5.41) is 0. The van der Waals surface area contributed by atoms with Crippen molar-refractivity contribution in [3.63, 3.8) is 0 Å². The number of esters is 1. The standard InChI is InChI=1S/C16H22N2O2/c1-3-4-12-20-16(19)13-18(11-10-17(2)14-18)15-8-6-5-7-9-15/h5-11,14H,3-4,12-13H2,1-2H3/q+2. The minimum absolute atomic E-state index is 0.168. The Bertz CT molecular complexity index is 523. The summed E-state index contributed by atoms with van der Waals surface area (Å²) < 4.78 is 7.64. The van der Waals surface area contributed by atoms with Crippen molar-refractivity contribution in [1.82, 2.24) is 4.48 Å². The third-order valence-corrected chi connectivity index (χ3v) is 3.34. The van der Waals surface area contributed by atoms with Crippen LogP contribution in [0.2, 0.25) is 0 Å². The summed E-state index contributed by atoms with van der Waals surface area (Å²) in [6.45, 7) is 2.87. The number of quaternary nitrogens is 1. The SMILES string of the molecule is CCCCOC(=O)C[N+]1(c2ccccc2)C=C[N+](C)=C1. The molecule has 0 spiro atoms. The Labute approximate surface area is 120 Å². The van der Waals surface area contributed by atoms with E-state index in [0.717, 1.165) is 18.5 Å². The van der Waals surface area contributed by atoms with E-state index in [2.05, 4.69) is 6.92 Å². The van der Waals surface area contributed by atoms with Crippen molar-refractivity contribution in [3.8, 4) is 0 Å². The molecule has 0 saturated carbocycles. The van der Waals surface area contributed by atoms with Gasteiger partial charge in [-0.15, -0.1) is 0 Å². The summed E-state index contributed by atoms with van der Waals surface area (Å²) in [6, 6.07) is 10.00. The minimum atomic E-state index is -0.168. The van der Waals surface area contributed by atoms with E-state index in [1.54, 1.807) is 0 Å². The van der Waals surface area contributed by atoms with Crippen molar-refractivity contribution in [2.75, 3.05) is 20.2 Å². The third kappa shape index (κ3) is 3.33. The second-order valence-electron chi connectivity index (χ2n) is 5.08. The number of hydrogen-bond acceptors (Lipinski definition) is 2. The molecule has 0 saturated heterocycles. The van der Waals surface area contributed by atoms with Gasteiger partial charge in [-0.05, 0) is 6.42 Å². The number of carbonyl (C=O) groups excluding carboxylic acids is 1. The first-order valence-electron chi connectivity index (χ1n) is 7.02. The van der Waals surface area contributed by atoms with Crippen molar-refractivity contribution < 1.29 is 14.1 Å². The van der Waals surface area contributed by atoms with Crippen LogP contribution in [0.4, 0.5) is 5.69 Å². The molecular formula is C16H22N2O2+2. The highest BCUT2D eigenvalue weighted by Crippen LogP contribution is 2.24. The van der Waals surface area contributed by atoms with E-state index in [1.165, 1.54) is 0 Å². The largest absolute Gasteiger partial charge is 0.461 e. The van der Waals surface area contributed by atoms with E-state index < -0.39 is 0 Å². The van der Waals surface area contributed by atoms with Crippen molar-refractivity contribution in [1.29, 1.82) is 0 Å². The van der Waals surface area contributed by atoms with Crippen molar-refractivity contribution in [2.45, 2.75) is 19.8 Å². The Hall–Kier alpha value is -1.94. The van der Waals surface area contributed by atoms with Crippen LogP contribution in [0.5, 0.6) is 0 Å². The average molecular weight is 274 g/mol. The third-order valence-electron chi connectivity index (χ3n) is 3.34. The van der Waals surface area contributed by atoms with Crippen LogP contribution in [0.15, 0.2) is 42.7 Å². The molecule has 1 heterocycles. The molecule has 1 atom stereocenters. The topological polar surface area (TPSA) is 29.3 Å². The van der Waals surface area contributed by atoms with Crippen LogP contribution in [-0.2, 0) is 9.53 Å². The number of rotatable bonds is 6. The van der Waals surface area contributed by atoms with E-state index >= 15 is 0 Å². The van der Waals surface area contributed by atoms with E-state index in [4.69, 9.17) is 4.74 Å². The number of ether oxygens (including phenoxy) is 1. The fourth-order valence-electron chi connectivity index (χ4n) is 2.26. The molecule has 4 nitrogen and oxygen atoms in total. The maximum atomic E-state index is 12.0. The molecule has 0 radical (unpaired) electrons. The monoisotopic (exact) mass is 274 g/mol. The summed E-state index contributed by atoms with van der Waals surface area (Å²) in [5.41, 5.74) is 1.06. The zero-order valence-electron chi connectivity index (χ0n) is 12.2. The first-order valence-corrected chi connectivity index (χ1v) is 7.02. The molecule has 0 bridgehead atoms. The Morgan fingerprint density at radius 1 is 1.30 bits per heavy atom. The zero-order valence-corrected chi connectivity index (χ0v) is 12.2. The van der Waals surface area contributed by atoms with Crippen LogP contribution in [0.25, 0.3) is 0 Å². The van der Waals surface area contributed by atoms with Gasteiger partial charge in [0.25, 0.3) is 0 Å². The fourth-order valence-corrected chi connectivity index (χ4v) is 2.26. The zero-order chi connectivity index (χ0) is 14.4. The molecule has 4 heteroatoms. The first kappa shape index (κ1) is 14.5. The van der Waals surface area contributed by atoms with Crippen LogP contribution in [0.1, 0.15) is 19.8 Å². The molecule has 0 N–H and O–H groups in total. The maximum absolute atomic E-state index is 12.0. The number of unbranched alkanes of at least 4 members (excludes halogenated alkanes) is 1. The lowest BCUT2D eigenvalue weighted by molar-refractivity contribution is -0.415. The van der Waals surface area contributed by atoms with Crippen LogP contribution >= 0.6 is 0 Å². The Kier molecular flexibility index (Phi) is 4.69. The normalized spacial score (nSPS) is 20.8. The highest BCUT2D eigenvalue weighted by atomic mass is 16.5. The van der Waals surface area contributed by atoms with Gasteiger partial charge >= 0.3 is 12.3 Å². The molecular weight excluding hydrogens is 252 g/mol. The van der Waals surface area contributed by atoms with Gasteiger partial charge in [-0.2, -0.15) is 9.06 Å². The summed E-state index contributed by atoms with van der Waals surface area (Å²) in [4.78, 5) is 12.0. The summed E-state index contributed by atoms with van der Waals surface area (Å²) in [7, 11) is 1.96. The molecule has 1 aromatic carbocycles. The van der Waals surface area contributed by atoms with Gasteiger partial charge in [0.05, 0.1) is 6.61 Å². The van der Waals surface area contributed by atoms with Crippen LogP contribution in [0.3, 0.4) is 0 Å². The van der Waals surface area contributed by atoms with Gasteiger partial charge in [0.2, 0.25) is 6.20 Å². The molecule has 20 heavy (non-hydrogen) atoms. The highest BCUT2D eigenvalue weighted by Gasteiger charge is 2.38. The second kappa shape index (κ2) is 6.48. The van der Waals surface area contributed by atoms with Gasteiger partial charge in [-0.1, -0.05) is 31.5 Å². The average Bonchev–Trinajstić information content (AvgIpc) is 2.82. The minimum Gasteiger partial charge on any atom is -0.461 e. The molecule has 1 aliphatic heterocycles. The number of carbonyl (C=O) groups is 1. The van der Waals surface area contributed by atoms with Crippen LogP contribution in [-0.4, -0.2) is 37.1 Å². The van der Waals surface area contributed by atoms with Crippen molar-refractivity contribution in [2.24, 2.45) is 0 Å². The Balaban J connectivity index is 2.14. The lowest BCUT2D eigenvalue weighted by Crippen LogP contribution is -2.46. The molecule has 1 aliphatic rings.